The molecule has 2 fully saturated rings. The van der Waals surface area contributed by atoms with E-state index >= 15 is 0 Å². The molecule has 7 heteroatoms. The lowest BCUT2D eigenvalue weighted by molar-refractivity contribution is -0.138. The predicted octanol–water partition coefficient (Wildman–Crippen LogP) is 0.490. The monoisotopic (exact) mass is 297 g/mol. The van der Waals surface area contributed by atoms with Crippen molar-refractivity contribution in [3.05, 3.63) is 0 Å². The topological polar surface area (TPSA) is 104 Å². The Bertz CT molecular complexity index is 426. The third kappa shape index (κ3) is 4.09. The lowest BCUT2D eigenvalue weighted by Gasteiger charge is -2.38. The van der Waals surface area contributed by atoms with E-state index in [4.69, 9.17) is 10.8 Å². The zero-order valence-electron chi connectivity index (χ0n) is 12.2. The van der Waals surface area contributed by atoms with Gasteiger partial charge < -0.3 is 20.6 Å². The normalized spacial score (nSPS) is 26.5. The molecule has 0 aromatic carbocycles. The summed E-state index contributed by atoms with van der Waals surface area (Å²) in [7, 11) is 0. The number of aliphatic carboxylic acids is 1. The Hall–Kier alpha value is -1.79. The molecule has 0 aromatic rings. The quantitative estimate of drug-likeness (QED) is 0.791. The molecule has 2 aliphatic rings. The number of amides is 3. The molecule has 2 aliphatic heterocycles. The minimum absolute atomic E-state index is 0.0249. The Morgan fingerprint density at radius 3 is 2.29 bits per heavy atom. The minimum atomic E-state index is -0.818. The van der Waals surface area contributed by atoms with E-state index in [9.17, 15) is 14.4 Å². The predicted molar refractivity (Wildman–Crippen MR) is 75.4 cm³/mol. The molecule has 0 spiro atoms. The third-order valence-electron chi connectivity index (χ3n) is 4.35. The van der Waals surface area contributed by atoms with Crippen molar-refractivity contribution in [3.8, 4) is 0 Å². The number of carbonyl (C=O) groups excluding carboxylic acids is 2. The highest BCUT2D eigenvalue weighted by Gasteiger charge is 2.32. The van der Waals surface area contributed by atoms with Crippen molar-refractivity contribution in [3.63, 3.8) is 0 Å². The lowest BCUT2D eigenvalue weighted by atomic mass is 9.94. The van der Waals surface area contributed by atoms with Gasteiger partial charge in [0.2, 0.25) is 5.91 Å². The molecule has 2 rings (SSSR count). The summed E-state index contributed by atoms with van der Waals surface area (Å²) in [5.41, 5.74) is 5.33. The Morgan fingerprint density at radius 2 is 1.67 bits per heavy atom. The fourth-order valence-electron chi connectivity index (χ4n) is 3.24. The van der Waals surface area contributed by atoms with E-state index < -0.39 is 5.97 Å². The van der Waals surface area contributed by atoms with Gasteiger partial charge in [-0.25, -0.2) is 4.79 Å². The zero-order valence-corrected chi connectivity index (χ0v) is 12.2. The smallest absolute Gasteiger partial charge is 0.320 e. The van der Waals surface area contributed by atoms with Gasteiger partial charge in [0, 0.05) is 32.6 Å². The Kier molecular flexibility index (Phi) is 5.03. The largest absolute Gasteiger partial charge is 0.481 e. The molecule has 21 heavy (non-hydrogen) atoms. The fourth-order valence-corrected chi connectivity index (χ4v) is 3.24. The van der Waals surface area contributed by atoms with Crippen LogP contribution in [0.4, 0.5) is 4.79 Å². The van der Waals surface area contributed by atoms with Gasteiger partial charge in [-0.1, -0.05) is 0 Å². The van der Waals surface area contributed by atoms with Crippen molar-refractivity contribution in [1.82, 2.24) is 9.80 Å². The Morgan fingerprint density at radius 1 is 1.05 bits per heavy atom. The number of nitrogens with zero attached hydrogens (tertiary/aromatic N) is 2. The molecule has 0 aliphatic carbocycles. The van der Waals surface area contributed by atoms with Crippen LogP contribution in [0.2, 0.25) is 0 Å². The molecule has 0 saturated carbocycles. The van der Waals surface area contributed by atoms with E-state index in [-0.39, 0.29) is 30.2 Å². The first-order valence-corrected chi connectivity index (χ1v) is 7.52. The summed E-state index contributed by atoms with van der Waals surface area (Å²) in [6.45, 7) is 2.17. The lowest BCUT2D eigenvalue weighted by Crippen LogP contribution is -2.52. The van der Waals surface area contributed by atoms with Crippen LogP contribution in [-0.4, -0.2) is 59.0 Å². The molecule has 2 unspecified atom stereocenters. The van der Waals surface area contributed by atoms with Gasteiger partial charge in [0.15, 0.2) is 0 Å². The second-order valence-electron chi connectivity index (χ2n) is 6.02. The molecule has 0 aromatic heterocycles. The first-order valence-electron chi connectivity index (χ1n) is 7.52. The van der Waals surface area contributed by atoms with Gasteiger partial charge in [-0.3, -0.25) is 9.59 Å². The molecular weight excluding hydrogens is 274 g/mol. The highest BCUT2D eigenvalue weighted by atomic mass is 16.4. The summed E-state index contributed by atoms with van der Waals surface area (Å²) in [5.74, 6) is -1.41. The summed E-state index contributed by atoms with van der Waals surface area (Å²) in [5, 5.41) is 8.87. The van der Waals surface area contributed by atoms with Crippen molar-refractivity contribution in [2.75, 3.05) is 26.2 Å². The second-order valence-corrected chi connectivity index (χ2v) is 6.02. The number of urea groups is 1. The average Bonchev–Trinajstić information content (AvgIpc) is 2.46. The highest BCUT2D eigenvalue weighted by Crippen LogP contribution is 2.23. The molecule has 2 heterocycles. The zero-order chi connectivity index (χ0) is 15.4. The maximum absolute atomic E-state index is 12.5. The van der Waals surface area contributed by atoms with Crippen LogP contribution in [0.25, 0.3) is 0 Å². The van der Waals surface area contributed by atoms with E-state index in [0.29, 0.717) is 26.2 Å². The Balaban J connectivity index is 1.92. The van der Waals surface area contributed by atoms with Gasteiger partial charge in [-0.05, 0) is 31.6 Å². The molecule has 2 saturated heterocycles. The number of nitrogens with two attached hydrogens (primary N) is 1. The summed E-state index contributed by atoms with van der Waals surface area (Å²) < 4.78 is 0. The first kappa shape index (κ1) is 15.6. The summed E-state index contributed by atoms with van der Waals surface area (Å²) in [4.78, 5) is 38.0. The fraction of sp³-hybridized carbons (Fsp3) is 0.786. The van der Waals surface area contributed by atoms with Gasteiger partial charge in [0.1, 0.15) is 0 Å². The number of primary amides is 1. The summed E-state index contributed by atoms with van der Waals surface area (Å²) in [6.07, 6.45) is 3.30. The van der Waals surface area contributed by atoms with Gasteiger partial charge in [0.05, 0.1) is 5.92 Å². The van der Waals surface area contributed by atoms with Crippen LogP contribution >= 0.6 is 0 Å². The van der Waals surface area contributed by atoms with Gasteiger partial charge >= 0.3 is 12.0 Å². The van der Waals surface area contributed by atoms with Crippen LogP contribution in [0.3, 0.4) is 0 Å². The van der Waals surface area contributed by atoms with Crippen LogP contribution in [0.1, 0.15) is 32.1 Å². The van der Waals surface area contributed by atoms with E-state index in [1.54, 1.807) is 9.80 Å². The second kappa shape index (κ2) is 6.78. The maximum Gasteiger partial charge on any atom is 0.320 e. The average molecular weight is 297 g/mol. The number of hydrogen-bond donors (Lipinski definition) is 2. The van der Waals surface area contributed by atoms with E-state index in [1.807, 2.05) is 0 Å². The number of likely N-dealkylation sites (tertiary alicyclic amines) is 2. The first-order chi connectivity index (χ1) is 9.97. The SMILES string of the molecule is NC(=O)C1CCCN(C(=O)N2CCCC(CC(=O)O)C2)C1. The summed E-state index contributed by atoms with van der Waals surface area (Å²) >= 11 is 0. The molecule has 0 bridgehead atoms. The van der Waals surface area contributed by atoms with E-state index in [0.717, 1.165) is 25.7 Å². The van der Waals surface area contributed by atoms with Crippen LogP contribution in [0.15, 0.2) is 0 Å². The highest BCUT2D eigenvalue weighted by molar-refractivity contribution is 5.79. The Labute approximate surface area is 124 Å². The molecule has 0 radical (unpaired) electrons. The maximum atomic E-state index is 12.5. The van der Waals surface area contributed by atoms with Gasteiger partial charge in [0.25, 0.3) is 0 Å². The third-order valence-corrected chi connectivity index (χ3v) is 4.35. The van der Waals surface area contributed by atoms with Crippen molar-refractivity contribution < 1.29 is 19.5 Å². The number of carboxylic acids is 1. The van der Waals surface area contributed by atoms with Crippen molar-refractivity contribution in [1.29, 1.82) is 0 Å². The number of piperidine rings is 2. The molecule has 3 N–H and O–H groups in total. The minimum Gasteiger partial charge on any atom is -0.481 e. The number of rotatable bonds is 3. The standard InChI is InChI=1S/C14H23N3O4/c15-13(20)11-4-2-6-17(9-11)14(21)16-5-1-3-10(8-16)7-12(18)19/h10-11H,1-9H2,(H2,15,20)(H,18,19). The van der Waals surface area contributed by atoms with Crippen LogP contribution in [0.5, 0.6) is 0 Å². The van der Waals surface area contributed by atoms with Gasteiger partial charge in [-0.2, -0.15) is 0 Å². The molecule has 7 nitrogen and oxygen atoms in total. The van der Waals surface area contributed by atoms with Crippen LogP contribution in [-0.2, 0) is 9.59 Å². The van der Waals surface area contributed by atoms with E-state index in [2.05, 4.69) is 0 Å². The number of carbonyl (C=O) groups is 3. The van der Waals surface area contributed by atoms with Crippen LogP contribution < -0.4 is 5.73 Å². The van der Waals surface area contributed by atoms with Crippen molar-refractivity contribution in [2.24, 2.45) is 17.6 Å². The molecule has 3 amide bonds. The van der Waals surface area contributed by atoms with E-state index in [1.165, 1.54) is 0 Å². The molecular formula is C14H23N3O4. The summed E-state index contributed by atoms with van der Waals surface area (Å²) in [6, 6.07) is -0.0870. The number of hydrogen-bond acceptors (Lipinski definition) is 3. The molecule has 118 valence electrons. The van der Waals surface area contributed by atoms with Crippen molar-refractivity contribution >= 4 is 17.9 Å². The van der Waals surface area contributed by atoms with Crippen LogP contribution in [0, 0.1) is 11.8 Å². The molecule has 2 atom stereocenters. The van der Waals surface area contributed by atoms with Gasteiger partial charge in [-0.15, -0.1) is 0 Å². The number of carboxylic acid groups (broad SMARTS) is 1. The van der Waals surface area contributed by atoms with Crippen molar-refractivity contribution in [2.45, 2.75) is 32.1 Å².